The SMILES string of the molecule is Cc1ccc(-c2cc(C(=O)NNC(=O)c3ccc(=O)[nH]c3)c3ccccc3n2)cc1. The van der Waals surface area contributed by atoms with Crippen molar-refractivity contribution in [2.75, 3.05) is 0 Å². The van der Waals surface area contributed by atoms with Gasteiger partial charge in [-0.2, -0.15) is 0 Å². The van der Waals surface area contributed by atoms with Gasteiger partial charge in [-0.25, -0.2) is 4.98 Å². The lowest BCUT2D eigenvalue weighted by Gasteiger charge is -2.11. The number of fused-ring (bicyclic) bond motifs is 1. The maximum absolute atomic E-state index is 12.9. The highest BCUT2D eigenvalue weighted by Gasteiger charge is 2.15. The summed E-state index contributed by atoms with van der Waals surface area (Å²) in [6.45, 7) is 2.00. The molecule has 2 amide bonds. The van der Waals surface area contributed by atoms with Crippen LogP contribution in [-0.2, 0) is 0 Å². The normalized spacial score (nSPS) is 10.6. The Morgan fingerprint density at radius 1 is 0.900 bits per heavy atom. The second-order valence-corrected chi connectivity index (χ2v) is 6.79. The Kier molecular flexibility index (Phi) is 5.09. The molecule has 4 aromatic rings. The molecule has 7 heteroatoms. The number of aromatic nitrogens is 2. The number of pyridine rings is 2. The van der Waals surface area contributed by atoms with Crippen LogP contribution in [0.5, 0.6) is 0 Å². The first kappa shape index (κ1) is 19.1. The molecule has 0 bridgehead atoms. The third-order valence-corrected chi connectivity index (χ3v) is 4.64. The summed E-state index contributed by atoms with van der Waals surface area (Å²) in [5, 5.41) is 0.671. The highest BCUT2D eigenvalue weighted by molar-refractivity contribution is 6.08. The van der Waals surface area contributed by atoms with Crippen molar-refractivity contribution in [3.05, 3.63) is 100.0 Å². The van der Waals surface area contributed by atoms with Crippen LogP contribution in [-0.4, -0.2) is 21.8 Å². The van der Waals surface area contributed by atoms with E-state index in [-0.39, 0.29) is 11.1 Å². The molecule has 30 heavy (non-hydrogen) atoms. The van der Waals surface area contributed by atoms with E-state index < -0.39 is 11.8 Å². The van der Waals surface area contributed by atoms with Crippen molar-refractivity contribution in [3.8, 4) is 11.3 Å². The van der Waals surface area contributed by atoms with E-state index in [0.29, 0.717) is 22.2 Å². The van der Waals surface area contributed by atoms with Gasteiger partial charge < -0.3 is 4.98 Å². The summed E-state index contributed by atoms with van der Waals surface area (Å²) in [5.74, 6) is -1.02. The summed E-state index contributed by atoms with van der Waals surface area (Å²) < 4.78 is 0. The minimum atomic E-state index is -0.545. The van der Waals surface area contributed by atoms with Crippen LogP contribution in [0.2, 0.25) is 0 Å². The zero-order valence-electron chi connectivity index (χ0n) is 16.1. The van der Waals surface area contributed by atoms with Crippen LogP contribution < -0.4 is 16.4 Å². The molecule has 0 spiro atoms. The van der Waals surface area contributed by atoms with Gasteiger partial charge in [-0.3, -0.25) is 25.2 Å². The first-order chi connectivity index (χ1) is 14.5. The van der Waals surface area contributed by atoms with Crippen LogP contribution in [0.15, 0.2) is 77.7 Å². The molecule has 0 aliphatic rings. The Morgan fingerprint density at radius 3 is 2.37 bits per heavy atom. The topological polar surface area (TPSA) is 104 Å². The van der Waals surface area contributed by atoms with E-state index >= 15 is 0 Å². The quantitative estimate of drug-likeness (QED) is 0.462. The second kappa shape index (κ2) is 8.00. The van der Waals surface area contributed by atoms with Crippen molar-refractivity contribution in [2.45, 2.75) is 6.92 Å². The molecular weight excluding hydrogens is 380 g/mol. The van der Waals surface area contributed by atoms with Gasteiger partial charge in [0.05, 0.1) is 22.3 Å². The van der Waals surface area contributed by atoms with Gasteiger partial charge >= 0.3 is 0 Å². The molecule has 148 valence electrons. The lowest BCUT2D eigenvalue weighted by molar-refractivity contribution is 0.0847. The van der Waals surface area contributed by atoms with Gasteiger partial charge in [0.2, 0.25) is 5.56 Å². The molecule has 0 radical (unpaired) electrons. The largest absolute Gasteiger partial charge is 0.328 e. The summed E-state index contributed by atoms with van der Waals surface area (Å²) in [5.41, 5.74) is 8.43. The Morgan fingerprint density at radius 2 is 1.63 bits per heavy atom. The van der Waals surface area contributed by atoms with Gasteiger partial charge in [0.15, 0.2) is 0 Å². The number of rotatable bonds is 3. The average Bonchev–Trinajstić information content (AvgIpc) is 2.77. The predicted molar refractivity (Wildman–Crippen MR) is 114 cm³/mol. The number of para-hydroxylation sites is 1. The highest BCUT2D eigenvalue weighted by atomic mass is 16.2. The Labute approximate surface area is 171 Å². The van der Waals surface area contributed by atoms with Crippen LogP contribution in [0.25, 0.3) is 22.2 Å². The number of hydrogen-bond donors (Lipinski definition) is 3. The van der Waals surface area contributed by atoms with Crippen molar-refractivity contribution in [1.82, 2.24) is 20.8 Å². The lowest BCUT2D eigenvalue weighted by Crippen LogP contribution is -2.41. The Hall–Kier alpha value is -4.26. The van der Waals surface area contributed by atoms with E-state index in [1.165, 1.54) is 18.3 Å². The Balaban J connectivity index is 1.64. The molecule has 4 rings (SSSR count). The van der Waals surface area contributed by atoms with Crippen LogP contribution >= 0.6 is 0 Å². The van der Waals surface area contributed by atoms with Crippen LogP contribution in [0.3, 0.4) is 0 Å². The van der Waals surface area contributed by atoms with Gasteiger partial charge in [-0.1, -0.05) is 48.0 Å². The van der Waals surface area contributed by atoms with E-state index in [0.717, 1.165) is 11.1 Å². The molecule has 3 N–H and O–H groups in total. The Bertz CT molecular complexity index is 1290. The van der Waals surface area contributed by atoms with Gasteiger partial charge in [-0.15, -0.1) is 0 Å². The minimum Gasteiger partial charge on any atom is -0.328 e. The minimum absolute atomic E-state index is 0.217. The maximum Gasteiger partial charge on any atom is 0.271 e. The van der Waals surface area contributed by atoms with Gasteiger partial charge in [0.1, 0.15) is 0 Å². The van der Waals surface area contributed by atoms with Gasteiger partial charge in [0, 0.05) is 23.2 Å². The number of aryl methyl sites for hydroxylation is 1. The molecule has 2 aromatic heterocycles. The molecule has 2 heterocycles. The molecule has 7 nitrogen and oxygen atoms in total. The fourth-order valence-electron chi connectivity index (χ4n) is 3.04. The first-order valence-electron chi connectivity index (χ1n) is 9.27. The number of carbonyl (C=O) groups excluding carboxylic acids is 2. The van der Waals surface area contributed by atoms with Crippen LogP contribution in [0, 0.1) is 6.92 Å². The third-order valence-electron chi connectivity index (χ3n) is 4.64. The van der Waals surface area contributed by atoms with Crippen molar-refractivity contribution in [2.24, 2.45) is 0 Å². The number of nitrogens with one attached hydrogen (secondary N) is 3. The number of aromatic amines is 1. The summed E-state index contributed by atoms with van der Waals surface area (Å²) in [4.78, 5) is 43.3. The molecule has 0 unspecified atom stereocenters. The summed E-state index contributed by atoms with van der Waals surface area (Å²) in [6, 6.07) is 19.5. The number of H-pyrrole nitrogens is 1. The van der Waals surface area contributed by atoms with E-state index in [1.54, 1.807) is 12.1 Å². The van der Waals surface area contributed by atoms with Gasteiger partial charge in [-0.05, 0) is 25.1 Å². The number of carbonyl (C=O) groups is 2. The average molecular weight is 398 g/mol. The summed E-state index contributed by atoms with van der Waals surface area (Å²) in [7, 11) is 0. The molecule has 0 aliphatic heterocycles. The fourth-order valence-corrected chi connectivity index (χ4v) is 3.04. The van der Waals surface area contributed by atoms with E-state index in [2.05, 4.69) is 20.8 Å². The van der Waals surface area contributed by atoms with Crippen molar-refractivity contribution in [1.29, 1.82) is 0 Å². The zero-order chi connectivity index (χ0) is 21.1. The molecule has 0 saturated heterocycles. The number of hydrogen-bond acceptors (Lipinski definition) is 4. The van der Waals surface area contributed by atoms with Crippen LogP contribution in [0.1, 0.15) is 26.3 Å². The van der Waals surface area contributed by atoms with E-state index in [4.69, 9.17) is 0 Å². The molecule has 0 atom stereocenters. The zero-order valence-corrected chi connectivity index (χ0v) is 16.1. The number of nitrogens with zero attached hydrogens (tertiary/aromatic N) is 1. The van der Waals surface area contributed by atoms with Crippen LogP contribution in [0.4, 0.5) is 0 Å². The first-order valence-corrected chi connectivity index (χ1v) is 9.27. The number of benzene rings is 2. The molecule has 0 saturated carbocycles. The van der Waals surface area contributed by atoms with Crippen molar-refractivity contribution >= 4 is 22.7 Å². The molecule has 0 fully saturated rings. The van der Waals surface area contributed by atoms with Crippen molar-refractivity contribution in [3.63, 3.8) is 0 Å². The number of hydrazine groups is 1. The smallest absolute Gasteiger partial charge is 0.271 e. The van der Waals surface area contributed by atoms with E-state index in [1.807, 2.05) is 49.4 Å². The summed E-state index contributed by atoms with van der Waals surface area (Å²) in [6.07, 6.45) is 1.28. The second-order valence-electron chi connectivity index (χ2n) is 6.79. The predicted octanol–water partition coefficient (Wildman–Crippen LogP) is 2.97. The summed E-state index contributed by atoms with van der Waals surface area (Å²) >= 11 is 0. The lowest BCUT2D eigenvalue weighted by atomic mass is 10.0. The third kappa shape index (κ3) is 3.95. The highest BCUT2D eigenvalue weighted by Crippen LogP contribution is 2.25. The molecule has 0 aliphatic carbocycles. The van der Waals surface area contributed by atoms with E-state index in [9.17, 15) is 14.4 Å². The fraction of sp³-hybridized carbons (Fsp3) is 0.0435. The van der Waals surface area contributed by atoms with Gasteiger partial charge in [0.25, 0.3) is 11.8 Å². The standard InChI is InChI=1S/C23H18N4O3/c1-14-6-8-15(9-7-14)20-12-18(17-4-2-3-5-19(17)25-20)23(30)27-26-22(29)16-10-11-21(28)24-13-16/h2-13H,1H3,(H,24,28)(H,26,29)(H,27,30). The maximum atomic E-state index is 12.9. The monoisotopic (exact) mass is 398 g/mol. The molecular formula is C23H18N4O3. The number of amides is 2. The van der Waals surface area contributed by atoms with Crippen molar-refractivity contribution < 1.29 is 9.59 Å². The molecule has 2 aromatic carbocycles.